The van der Waals surface area contributed by atoms with Crippen LogP contribution in [-0.4, -0.2) is 73.4 Å². The Labute approximate surface area is 354 Å². The smallest absolute Gasteiger partial charge is 0.391 e. The number of phosphoric ester groups is 1. The highest BCUT2D eigenvalue weighted by molar-refractivity contribution is 7.47. The number of unbranched alkanes of at least 4 members (excludes halogenated alkanes) is 27. The average Bonchev–Trinajstić information content (AvgIpc) is 3.16. The van der Waals surface area contributed by atoms with Gasteiger partial charge in [0.1, 0.15) is 13.2 Å². The van der Waals surface area contributed by atoms with E-state index >= 15 is 0 Å². The molecule has 0 aromatic heterocycles. The second-order valence-electron chi connectivity index (χ2n) is 17.8. The number of carbonyl (C=O) groups excluding carboxylic acids is 1. The first-order valence-corrected chi connectivity index (χ1v) is 25.7. The third kappa shape index (κ3) is 42.9. The minimum Gasteiger partial charge on any atom is -0.391 e. The first-order chi connectivity index (χ1) is 27.5. The van der Waals surface area contributed by atoms with Crippen molar-refractivity contribution in [2.45, 2.75) is 238 Å². The van der Waals surface area contributed by atoms with Crippen LogP contribution in [0.3, 0.4) is 0 Å². The van der Waals surface area contributed by atoms with E-state index in [0.29, 0.717) is 23.9 Å². The van der Waals surface area contributed by atoms with Crippen molar-refractivity contribution in [3.8, 4) is 0 Å². The number of carbonyl (C=O) groups is 1. The largest absolute Gasteiger partial charge is 0.472 e. The second-order valence-corrected chi connectivity index (χ2v) is 19.3. The van der Waals surface area contributed by atoms with Gasteiger partial charge in [0.2, 0.25) is 5.91 Å². The molecule has 0 aliphatic carbocycles. The predicted octanol–water partition coefficient (Wildman–Crippen LogP) is 13.7. The van der Waals surface area contributed by atoms with Crippen molar-refractivity contribution >= 4 is 13.7 Å². The first kappa shape index (κ1) is 56.0. The van der Waals surface area contributed by atoms with Gasteiger partial charge in [0.25, 0.3) is 0 Å². The summed E-state index contributed by atoms with van der Waals surface area (Å²) in [7, 11) is 1.62. The summed E-state index contributed by atoms with van der Waals surface area (Å²) in [6.45, 7) is 4.76. The van der Waals surface area contributed by atoms with E-state index in [0.717, 1.165) is 51.4 Å². The summed E-state index contributed by atoms with van der Waals surface area (Å²) in [6.07, 6.45) is 48.7. The van der Waals surface area contributed by atoms with Crippen LogP contribution in [0, 0.1) is 0 Å². The molecule has 0 rings (SSSR count). The van der Waals surface area contributed by atoms with Gasteiger partial charge in [-0.15, -0.1) is 0 Å². The number of amides is 1. The van der Waals surface area contributed by atoms with Crippen LogP contribution in [0.5, 0.6) is 0 Å². The Hall–Kier alpha value is -1.02. The van der Waals surface area contributed by atoms with Crippen molar-refractivity contribution in [3.05, 3.63) is 24.3 Å². The van der Waals surface area contributed by atoms with Crippen molar-refractivity contribution in [1.29, 1.82) is 0 Å². The summed E-state index contributed by atoms with van der Waals surface area (Å²) in [5, 5.41) is 13.7. The van der Waals surface area contributed by atoms with E-state index in [-0.39, 0.29) is 19.1 Å². The molecular formula is C48H96N2O6P+. The maximum atomic E-state index is 12.8. The van der Waals surface area contributed by atoms with E-state index in [4.69, 9.17) is 9.05 Å². The van der Waals surface area contributed by atoms with Gasteiger partial charge in [0.05, 0.1) is 39.9 Å². The number of hydrogen-bond donors (Lipinski definition) is 3. The molecule has 0 aliphatic heterocycles. The van der Waals surface area contributed by atoms with E-state index in [9.17, 15) is 19.4 Å². The number of aliphatic hydroxyl groups excluding tert-OH is 1. The Morgan fingerprint density at radius 1 is 0.596 bits per heavy atom. The van der Waals surface area contributed by atoms with Crippen LogP contribution < -0.4 is 5.32 Å². The molecule has 0 heterocycles. The highest BCUT2D eigenvalue weighted by Gasteiger charge is 2.28. The zero-order valence-corrected chi connectivity index (χ0v) is 39.2. The van der Waals surface area contributed by atoms with E-state index in [1.807, 2.05) is 21.1 Å². The lowest BCUT2D eigenvalue weighted by Crippen LogP contribution is -2.46. The Morgan fingerprint density at radius 3 is 1.44 bits per heavy atom. The zero-order chi connectivity index (χ0) is 42.1. The van der Waals surface area contributed by atoms with Gasteiger partial charge in [-0.3, -0.25) is 13.8 Å². The van der Waals surface area contributed by atoms with Crippen molar-refractivity contribution in [3.63, 3.8) is 0 Å². The van der Waals surface area contributed by atoms with E-state index in [1.54, 1.807) is 0 Å². The lowest BCUT2D eigenvalue weighted by molar-refractivity contribution is -0.870. The molecule has 1 amide bonds. The molecule has 0 aromatic carbocycles. The number of aliphatic hydroxyl groups is 1. The van der Waals surface area contributed by atoms with Gasteiger partial charge in [0.15, 0.2) is 0 Å². The molecule has 0 spiro atoms. The fourth-order valence-electron chi connectivity index (χ4n) is 7.08. The fourth-order valence-corrected chi connectivity index (χ4v) is 7.81. The van der Waals surface area contributed by atoms with Crippen LogP contribution in [0.25, 0.3) is 0 Å². The van der Waals surface area contributed by atoms with E-state index < -0.39 is 20.0 Å². The zero-order valence-electron chi connectivity index (χ0n) is 38.3. The molecule has 8 nitrogen and oxygen atoms in total. The van der Waals surface area contributed by atoms with Gasteiger partial charge in [-0.1, -0.05) is 199 Å². The molecule has 3 N–H and O–H groups in total. The van der Waals surface area contributed by atoms with Crippen molar-refractivity contribution in [2.24, 2.45) is 0 Å². The van der Waals surface area contributed by atoms with Gasteiger partial charge in [0, 0.05) is 6.42 Å². The maximum absolute atomic E-state index is 12.8. The lowest BCUT2D eigenvalue weighted by Gasteiger charge is -2.26. The number of quaternary nitrogens is 1. The molecular weight excluding hydrogens is 732 g/mol. The van der Waals surface area contributed by atoms with Gasteiger partial charge >= 0.3 is 7.82 Å². The lowest BCUT2D eigenvalue weighted by atomic mass is 10.0. The predicted molar refractivity (Wildman–Crippen MR) is 245 cm³/mol. The molecule has 0 saturated carbocycles. The van der Waals surface area contributed by atoms with Crippen molar-refractivity contribution in [1.82, 2.24) is 5.32 Å². The summed E-state index contributed by atoms with van der Waals surface area (Å²) in [4.78, 5) is 22.9. The normalized spacial score (nSPS) is 14.4. The third-order valence-corrected chi connectivity index (χ3v) is 11.9. The Kier molecular flexibility index (Phi) is 39.7. The standard InChI is InChI=1S/C48H95N2O6P/c1-6-8-10-12-13-14-15-16-17-18-19-20-21-22-23-24-25-26-27-28-29-30-31-32-33-34-35-36-37-38-40-42-48(52)49-46(47(51)41-39-11-9-7-2)45-56-57(53,54)55-44-43-50(3,4)5/h15-16,18-19,46-47,51H,6-14,17,20-45H2,1-5H3,(H-,49,52,53,54)/p+1/b16-15-,19-18-. The van der Waals surface area contributed by atoms with Crippen LogP contribution in [-0.2, 0) is 18.4 Å². The van der Waals surface area contributed by atoms with Crippen molar-refractivity contribution < 1.29 is 32.9 Å². The van der Waals surface area contributed by atoms with Crippen LogP contribution >= 0.6 is 7.82 Å². The molecule has 0 saturated heterocycles. The molecule has 0 radical (unpaired) electrons. The highest BCUT2D eigenvalue weighted by Crippen LogP contribution is 2.43. The molecule has 57 heavy (non-hydrogen) atoms. The minimum absolute atomic E-state index is 0.0750. The number of rotatable bonds is 44. The number of likely N-dealkylation sites (N-methyl/N-ethyl adjacent to an activating group) is 1. The summed E-state index contributed by atoms with van der Waals surface area (Å²) >= 11 is 0. The van der Waals surface area contributed by atoms with Crippen LogP contribution in [0.4, 0.5) is 0 Å². The number of nitrogens with zero attached hydrogens (tertiary/aromatic N) is 1. The average molecular weight is 828 g/mol. The molecule has 3 atom stereocenters. The number of phosphoric acid groups is 1. The molecule has 3 unspecified atom stereocenters. The molecule has 338 valence electrons. The molecule has 0 fully saturated rings. The summed E-state index contributed by atoms with van der Waals surface area (Å²) in [5.41, 5.74) is 0. The minimum atomic E-state index is -4.29. The number of hydrogen-bond acceptors (Lipinski definition) is 5. The Bertz CT molecular complexity index is 984. The van der Waals surface area contributed by atoms with Gasteiger partial charge in [-0.2, -0.15) is 0 Å². The number of nitrogens with one attached hydrogen (secondary N) is 1. The van der Waals surface area contributed by atoms with Gasteiger partial charge < -0.3 is 19.8 Å². The summed E-state index contributed by atoms with van der Waals surface area (Å²) in [6, 6.07) is -0.753. The maximum Gasteiger partial charge on any atom is 0.472 e. The summed E-state index contributed by atoms with van der Waals surface area (Å²) < 4.78 is 23.4. The molecule has 0 bridgehead atoms. The van der Waals surface area contributed by atoms with Crippen LogP contribution in [0.1, 0.15) is 226 Å². The summed E-state index contributed by atoms with van der Waals surface area (Å²) in [5.74, 6) is -0.151. The third-order valence-electron chi connectivity index (χ3n) is 11.0. The highest BCUT2D eigenvalue weighted by atomic mass is 31.2. The topological polar surface area (TPSA) is 105 Å². The van der Waals surface area contributed by atoms with Gasteiger partial charge in [-0.05, 0) is 44.9 Å². The van der Waals surface area contributed by atoms with Gasteiger partial charge in [-0.25, -0.2) is 4.57 Å². The molecule has 0 aromatic rings. The Balaban J connectivity index is 3.77. The molecule has 9 heteroatoms. The quantitative estimate of drug-likeness (QED) is 0.0244. The first-order valence-electron chi connectivity index (χ1n) is 24.2. The monoisotopic (exact) mass is 828 g/mol. The van der Waals surface area contributed by atoms with Crippen LogP contribution in [0.2, 0.25) is 0 Å². The Morgan fingerprint density at radius 2 is 1.00 bits per heavy atom. The molecule has 0 aliphatic rings. The SMILES string of the molecule is CCCCCCC/C=C\C/C=C\CCCCCCCCCCCCCCCCCCCCCC(=O)NC(COP(=O)(O)OCC[N+](C)(C)C)C(O)CCCCCC. The number of allylic oxidation sites excluding steroid dienone is 4. The fraction of sp³-hybridized carbons (Fsp3) is 0.896. The van der Waals surface area contributed by atoms with E-state index in [1.165, 1.54) is 148 Å². The van der Waals surface area contributed by atoms with E-state index in [2.05, 4.69) is 43.5 Å². The van der Waals surface area contributed by atoms with Crippen LogP contribution in [0.15, 0.2) is 24.3 Å². The second kappa shape index (κ2) is 40.4. The van der Waals surface area contributed by atoms with Crippen molar-refractivity contribution in [2.75, 3.05) is 40.9 Å².